The highest BCUT2D eigenvalue weighted by Gasteiger charge is 2.40. The van der Waals surface area contributed by atoms with Crippen molar-refractivity contribution in [2.75, 3.05) is 0 Å². The van der Waals surface area contributed by atoms with E-state index in [2.05, 4.69) is 89.2 Å². The first-order valence-electron chi connectivity index (χ1n) is 15.0. The van der Waals surface area contributed by atoms with Gasteiger partial charge in [0.15, 0.2) is 0 Å². The van der Waals surface area contributed by atoms with Crippen molar-refractivity contribution in [3.05, 3.63) is 82.2 Å². The van der Waals surface area contributed by atoms with Crippen LogP contribution < -0.4 is 10.6 Å². The van der Waals surface area contributed by atoms with E-state index in [-0.39, 0.29) is 7.92 Å². The van der Waals surface area contributed by atoms with Crippen molar-refractivity contribution in [3.8, 4) is 0 Å². The van der Waals surface area contributed by atoms with Gasteiger partial charge in [0.1, 0.15) is 0 Å². The van der Waals surface area contributed by atoms with E-state index in [1.165, 1.54) is 86.5 Å². The summed E-state index contributed by atoms with van der Waals surface area (Å²) in [5.74, 6) is 0.600. The topological polar surface area (TPSA) is 0 Å². The Morgan fingerprint density at radius 1 is 0.622 bits per heavy atom. The third kappa shape index (κ3) is 6.34. The van der Waals surface area contributed by atoms with Crippen molar-refractivity contribution in [2.24, 2.45) is 5.92 Å². The van der Waals surface area contributed by atoms with E-state index in [1.54, 1.807) is 15.9 Å². The molecule has 2 aromatic rings. The molecule has 2 aromatic carbocycles. The van der Waals surface area contributed by atoms with E-state index in [9.17, 15) is 0 Å². The third-order valence-corrected chi connectivity index (χ3v) is 15.6. The summed E-state index contributed by atoms with van der Waals surface area (Å²) in [7, 11) is -0.504. The van der Waals surface area contributed by atoms with E-state index in [0.29, 0.717) is 5.92 Å². The molecule has 5 rings (SSSR count). The van der Waals surface area contributed by atoms with Gasteiger partial charge in [-0.1, -0.05) is 130 Å². The second-order valence-electron chi connectivity index (χ2n) is 12.3. The van der Waals surface area contributed by atoms with Crippen molar-refractivity contribution >= 4 is 26.5 Å². The van der Waals surface area contributed by atoms with Crippen LogP contribution in [-0.2, 0) is 0 Å². The van der Waals surface area contributed by atoms with Crippen LogP contribution in [0.15, 0.2) is 59.9 Å². The molecule has 0 N–H and O–H groups in total. The molecule has 3 aliphatic carbocycles. The average molecular weight is 531 g/mol. The van der Waals surface area contributed by atoms with Gasteiger partial charge in [-0.25, -0.2) is 0 Å². The first-order valence-corrected chi connectivity index (χ1v) is 17.9. The Kier molecular flexibility index (Phi) is 9.10. The summed E-state index contributed by atoms with van der Waals surface area (Å²) in [4.78, 5) is 0. The lowest BCUT2D eigenvalue weighted by molar-refractivity contribution is 0.479. The smallest absolute Gasteiger partial charge is 0.00969 e. The van der Waals surface area contributed by atoms with Crippen LogP contribution in [0, 0.1) is 33.6 Å². The number of rotatable bonds is 7. The van der Waals surface area contributed by atoms with Gasteiger partial charge in [-0.2, -0.15) is 0 Å². The summed E-state index contributed by atoms with van der Waals surface area (Å²) in [6.45, 7) is 11.8. The van der Waals surface area contributed by atoms with E-state index in [1.807, 2.05) is 0 Å². The van der Waals surface area contributed by atoms with Gasteiger partial charge in [-0.15, -0.1) is 0 Å². The zero-order valence-corrected chi connectivity index (χ0v) is 25.8. The average Bonchev–Trinajstić information content (AvgIpc) is 3.34. The van der Waals surface area contributed by atoms with E-state index in [4.69, 9.17) is 0 Å². The Bertz CT molecular complexity index is 1020. The van der Waals surface area contributed by atoms with Crippen molar-refractivity contribution < 1.29 is 0 Å². The van der Waals surface area contributed by atoms with Gasteiger partial charge < -0.3 is 0 Å². The SMILES string of the molecule is Cc1cc(C)cc(P(C2=CC=CC2[C@H](C)P(C2CCCCC2)C2CCCCC2)c2cc(C)cc(C)c2)c1. The van der Waals surface area contributed by atoms with Gasteiger partial charge in [0, 0.05) is 5.92 Å². The Hall–Kier alpha value is -1.22. The highest BCUT2D eigenvalue weighted by molar-refractivity contribution is 7.77. The van der Waals surface area contributed by atoms with Crippen LogP contribution >= 0.6 is 15.8 Å². The first-order chi connectivity index (χ1) is 17.9. The Morgan fingerprint density at radius 2 is 1.05 bits per heavy atom. The van der Waals surface area contributed by atoms with E-state index < -0.39 is 7.92 Å². The lowest BCUT2D eigenvalue weighted by Crippen LogP contribution is -2.30. The molecule has 2 atom stereocenters. The molecule has 3 aliphatic rings. The summed E-state index contributed by atoms with van der Waals surface area (Å²) >= 11 is 0. The maximum atomic E-state index is 2.68. The molecule has 1 unspecified atom stereocenters. The maximum absolute atomic E-state index is 2.68. The second-order valence-corrected chi connectivity index (χ2v) is 17.7. The summed E-state index contributed by atoms with van der Waals surface area (Å²) in [5, 5.41) is 4.81. The van der Waals surface area contributed by atoms with Crippen molar-refractivity contribution in [1.82, 2.24) is 0 Å². The van der Waals surface area contributed by atoms with Crippen molar-refractivity contribution in [2.45, 2.75) is 116 Å². The molecule has 0 saturated heterocycles. The fraction of sp³-hybridized carbons (Fsp3) is 0.543. The van der Waals surface area contributed by atoms with Gasteiger partial charge in [-0.05, 0) is 94.2 Å². The number of hydrogen-bond acceptors (Lipinski definition) is 0. The number of aryl methyl sites for hydroxylation is 4. The largest absolute Gasteiger partial charge is 0.0965 e. The van der Waals surface area contributed by atoms with Gasteiger partial charge in [0.05, 0.1) is 0 Å². The lowest BCUT2D eigenvalue weighted by atomic mass is 9.99. The fourth-order valence-corrected chi connectivity index (χ4v) is 15.3. The zero-order chi connectivity index (χ0) is 25.9. The normalized spacial score (nSPS) is 22.1. The van der Waals surface area contributed by atoms with Gasteiger partial charge in [0.2, 0.25) is 0 Å². The predicted octanol–water partition coefficient (Wildman–Crippen LogP) is 9.96. The van der Waals surface area contributed by atoms with Gasteiger partial charge in [0.25, 0.3) is 0 Å². The number of hydrogen-bond donors (Lipinski definition) is 0. The molecule has 198 valence electrons. The molecule has 2 heteroatoms. The van der Waals surface area contributed by atoms with Crippen LogP contribution in [0.1, 0.15) is 93.4 Å². The highest BCUT2D eigenvalue weighted by atomic mass is 31.1. The Morgan fingerprint density at radius 3 is 1.49 bits per heavy atom. The predicted molar refractivity (Wildman–Crippen MR) is 169 cm³/mol. The quantitative estimate of drug-likeness (QED) is 0.313. The Balaban J connectivity index is 1.54. The van der Waals surface area contributed by atoms with Crippen molar-refractivity contribution in [1.29, 1.82) is 0 Å². The summed E-state index contributed by atoms with van der Waals surface area (Å²) in [5.41, 5.74) is 8.39. The van der Waals surface area contributed by atoms with Crippen LogP contribution in [-0.4, -0.2) is 17.0 Å². The zero-order valence-electron chi connectivity index (χ0n) is 24.0. The second kappa shape index (κ2) is 12.3. The third-order valence-electron chi connectivity index (χ3n) is 9.10. The maximum Gasteiger partial charge on any atom is 0.00969 e. The standard InChI is InChI=1S/C35H48P2/c1-25-19-26(2)22-32(21-25)37(33-23-27(3)20-28(4)24-33)35-18-12-17-34(35)29(5)36(30-13-8-6-9-14-30)31-15-10-7-11-16-31/h12,17-24,29-31,34H,6-11,13-16H2,1-5H3/t29-,34?/m0/s1. The molecule has 0 radical (unpaired) electrons. The van der Waals surface area contributed by atoms with Gasteiger partial charge >= 0.3 is 0 Å². The van der Waals surface area contributed by atoms with Crippen LogP contribution in [0.2, 0.25) is 0 Å². The molecule has 0 spiro atoms. The first kappa shape index (κ1) is 27.4. The van der Waals surface area contributed by atoms with Gasteiger partial charge in [-0.3, -0.25) is 0 Å². The molecule has 0 nitrogen and oxygen atoms in total. The van der Waals surface area contributed by atoms with Crippen LogP contribution in [0.4, 0.5) is 0 Å². The molecule has 0 amide bonds. The van der Waals surface area contributed by atoms with Crippen molar-refractivity contribution in [3.63, 3.8) is 0 Å². The minimum absolute atomic E-state index is 0.0350. The molecular weight excluding hydrogens is 482 g/mol. The summed E-state index contributed by atoms with van der Waals surface area (Å²) in [6, 6.07) is 14.6. The molecular formula is C35H48P2. The van der Waals surface area contributed by atoms with Crippen LogP contribution in [0.3, 0.4) is 0 Å². The molecule has 0 bridgehead atoms. The van der Waals surface area contributed by atoms with Crippen LogP contribution in [0.25, 0.3) is 0 Å². The fourth-order valence-electron chi connectivity index (χ4n) is 7.63. The lowest BCUT2D eigenvalue weighted by Gasteiger charge is -2.44. The minimum atomic E-state index is -0.539. The molecule has 0 aliphatic heterocycles. The highest BCUT2D eigenvalue weighted by Crippen LogP contribution is 2.64. The Labute approximate surface area is 229 Å². The van der Waals surface area contributed by atoms with E-state index in [0.717, 1.165) is 17.0 Å². The summed E-state index contributed by atoms with van der Waals surface area (Å²) in [6.07, 6.45) is 22.4. The molecule has 0 heterocycles. The number of allylic oxidation sites excluding steroid dienone is 4. The molecule has 37 heavy (non-hydrogen) atoms. The molecule has 2 fully saturated rings. The number of benzene rings is 2. The molecule has 2 saturated carbocycles. The van der Waals surface area contributed by atoms with E-state index >= 15 is 0 Å². The minimum Gasteiger partial charge on any atom is -0.0965 e. The molecule has 0 aromatic heterocycles. The monoisotopic (exact) mass is 530 g/mol. The summed E-state index contributed by atoms with van der Waals surface area (Å²) < 4.78 is 0. The van der Waals surface area contributed by atoms with Crippen LogP contribution in [0.5, 0.6) is 0 Å².